The molecule has 6 rings (SSSR count). The average molecular weight is 577 g/mol. The quantitative estimate of drug-likeness (QED) is 0.237. The summed E-state index contributed by atoms with van der Waals surface area (Å²) in [6, 6.07) is 7.64. The second-order valence-corrected chi connectivity index (χ2v) is 11.8. The summed E-state index contributed by atoms with van der Waals surface area (Å²) in [5.74, 6) is -0.804. The zero-order chi connectivity index (χ0) is 26.6. The highest BCUT2D eigenvalue weighted by Crippen LogP contribution is 2.47. The van der Waals surface area contributed by atoms with Crippen molar-refractivity contribution in [2.45, 2.75) is 62.8 Å². The van der Waals surface area contributed by atoms with Crippen LogP contribution in [0.5, 0.6) is 0 Å². The van der Waals surface area contributed by atoms with Crippen LogP contribution in [-0.4, -0.2) is 32.4 Å². The molecule has 0 saturated heterocycles. The molecule has 198 valence electrons. The molecule has 0 spiro atoms. The van der Waals surface area contributed by atoms with E-state index in [4.69, 9.17) is 32.5 Å². The van der Waals surface area contributed by atoms with Crippen molar-refractivity contribution < 1.29 is 28.7 Å². The maximum Gasteiger partial charge on any atom is 0.335 e. The smallest absolute Gasteiger partial charge is 0.335 e. The Morgan fingerprint density at radius 2 is 1.89 bits per heavy atom. The van der Waals surface area contributed by atoms with Crippen molar-refractivity contribution in [2.24, 2.45) is 0 Å². The summed E-state index contributed by atoms with van der Waals surface area (Å²) < 4.78 is 26.9. The Kier molecular flexibility index (Phi) is 6.68. The molecule has 2 fully saturated rings. The minimum absolute atomic E-state index is 0.0765. The standard InChI is InChI=1S/C27H23Cl2FN2O5S/c28-17-2-1-3-18(29)21(17)22-16(24(37-32-22)13-4-5-13)12-36-15-6-8-27(35,9-7-15)26-31-23-19(30)10-14(25(33)34)11-20(23)38-26/h1-3,10-11,13,15,35H,4-9,12H2,(H,33,34)/t15-,27+. The molecule has 2 aliphatic rings. The van der Waals surface area contributed by atoms with E-state index in [0.717, 1.165) is 41.6 Å². The van der Waals surface area contributed by atoms with Gasteiger partial charge in [0, 0.05) is 17.0 Å². The molecule has 0 atom stereocenters. The lowest BCUT2D eigenvalue weighted by Gasteiger charge is -2.34. The highest BCUT2D eigenvalue weighted by molar-refractivity contribution is 7.18. The van der Waals surface area contributed by atoms with E-state index in [1.54, 1.807) is 18.2 Å². The topological polar surface area (TPSA) is 106 Å². The first kappa shape index (κ1) is 25.7. The van der Waals surface area contributed by atoms with E-state index in [9.17, 15) is 19.4 Å². The number of rotatable bonds is 7. The van der Waals surface area contributed by atoms with Gasteiger partial charge in [-0.15, -0.1) is 11.3 Å². The number of aromatic carboxylic acids is 1. The Balaban J connectivity index is 1.18. The van der Waals surface area contributed by atoms with Crippen molar-refractivity contribution in [3.05, 3.63) is 68.1 Å². The van der Waals surface area contributed by atoms with Crippen molar-refractivity contribution in [3.63, 3.8) is 0 Å². The van der Waals surface area contributed by atoms with Gasteiger partial charge in [0.2, 0.25) is 0 Å². The molecular weight excluding hydrogens is 554 g/mol. The molecule has 2 N–H and O–H groups in total. The third-order valence-corrected chi connectivity index (χ3v) is 9.11. The van der Waals surface area contributed by atoms with E-state index in [0.29, 0.717) is 62.6 Å². The van der Waals surface area contributed by atoms with Crippen LogP contribution in [0.4, 0.5) is 4.39 Å². The maximum absolute atomic E-state index is 14.5. The van der Waals surface area contributed by atoms with Crippen molar-refractivity contribution in [1.82, 2.24) is 10.1 Å². The number of aliphatic hydroxyl groups is 1. The summed E-state index contributed by atoms with van der Waals surface area (Å²) in [7, 11) is 0. The normalized spacial score (nSPS) is 21.7. The monoisotopic (exact) mass is 576 g/mol. The van der Waals surface area contributed by atoms with E-state index >= 15 is 0 Å². The fraction of sp³-hybridized carbons (Fsp3) is 0.370. The van der Waals surface area contributed by atoms with E-state index < -0.39 is 17.4 Å². The molecule has 0 amide bonds. The predicted molar refractivity (Wildman–Crippen MR) is 141 cm³/mol. The average Bonchev–Trinajstić information content (AvgIpc) is 3.48. The first-order valence-corrected chi connectivity index (χ1v) is 13.9. The van der Waals surface area contributed by atoms with Crippen LogP contribution in [0.2, 0.25) is 10.0 Å². The number of nitrogens with zero attached hydrogens (tertiary/aromatic N) is 2. The van der Waals surface area contributed by atoms with Crippen LogP contribution in [0.1, 0.15) is 71.1 Å². The summed E-state index contributed by atoms with van der Waals surface area (Å²) in [5, 5.41) is 26.2. The van der Waals surface area contributed by atoms with E-state index in [-0.39, 0.29) is 23.8 Å². The summed E-state index contributed by atoms with van der Waals surface area (Å²) in [4.78, 5) is 15.6. The number of aromatic nitrogens is 2. The summed E-state index contributed by atoms with van der Waals surface area (Å²) >= 11 is 14.0. The Labute approximate surface area is 231 Å². The number of carboxylic acids is 1. The van der Waals surface area contributed by atoms with Crippen molar-refractivity contribution in [3.8, 4) is 11.3 Å². The Morgan fingerprint density at radius 3 is 2.55 bits per heavy atom. The Bertz CT molecular complexity index is 1520. The summed E-state index contributed by atoms with van der Waals surface area (Å²) in [6.45, 7) is 0.277. The van der Waals surface area contributed by atoms with Crippen LogP contribution >= 0.6 is 34.5 Å². The van der Waals surface area contributed by atoms with Crippen LogP contribution in [0, 0.1) is 5.82 Å². The fourth-order valence-electron chi connectivity index (χ4n) is 5.01. The molecule has 0 aliphatic heterocycles. The number of halogens is 3. The van der Waals surface area contributed by atoms with Gasteiger partial charge in [-0.3, -0.25) is 0 Å². The van der Waals surface area contributed by atoms with Crippen molar-refractivity contribution in [2.75, 3.05) is 0 Å². The van der Waals surface area contributed by atoms with Gasteiger partial charge >= 0.3 is 5.97 Å². The van der Waals surface area contributed by atoms with Gasteiger partial charge in [0.25, 0.3) is 0 Å². The molecule has 0 bridgehead atoms. The Hall–Kier alpha value is -2.56. The van der Waals surface area contributed by atoms with Gasteiger partial charge in [0.05, 0.1) is 33.0 Å². The molecule has 38 heavy (non-hydrogen) atoms. The molecule has 2 heterocycles. The molecule has 2 aliphatic carbocycles. The SMILES string of the molecule is O=C(O)c1cc(F)c2nc([C@]3(O)CC[C@@H](OCc4c(-c5c(Cl)cccc5Cl)noc4C4CC4)CC3)sc2c1. The number of fused-ring (bicyclic) bond motifs is 1. The van der Waals surface area contributed by atoms with E-state index in [2.05, 4.69) is 10.1 Å². The van der Waals surface area contributed by atoms with Crippen LogP contribution < -0.4 is 0 Å². The van der Waals surface area contributed by atoms with Gasteiger partial charge in [0.15, 0.2) is 5.82 Å². The lowest BCUT2D eigenvalue weighted by Crippen LogP contribution is -2.34. The number of carbonyl (C=O) groups is 1. The largest absolute Gasteiger partial charge is 0.478 e. The third kappa shape index (κ3) is 4.71. The van der Waals surface area contributed by atoms with Crippen molar-refractivity contribution >= 4 is 50.7 Å². The molecule has 2 saturated carbocycles. The number of benzene rings is 2. The van der Waals surface area contributed by atoms with Gasteiger partial charge in [-0.05, 0) is 62.8 Å². The Morgan fingerprint density at radius 1 is 1.18 bits per heavy atom. The zero-order valence-electron chi connectivity index (χ0n) is 20.0. The van der Waals surface area contributed by atoms with Gasteiger partial charge in [-0.2, -0.15) is 0 Å². The van der Waals surface area contributed by atoms with Crippen LogP contribution in [-0.2, 0) is 16.9 Å². The molecule has 11 heteroatoms. The third-order valence-electron chi connectivity index (χ3n) is 7.28. The minimum Gasteiger partial charge on any atom is -0.478 e. The van der Waals surface area contributed by atoms with Gasteiger partial charge in [-0.25, -0.2) is 14.2 Å². The highest BCUT2D eigenvalue weighted by Gasteiger charge is 2.39. The van der Waals surface area contributed by atoms with Gasteiger partial charge in [0.1, 0.15) is 27.6 Å². The van der Waals surface area contributed by atoms with E-state index in [1.165, 1.54) is 6.07 Å². The van der Waals surface area contributed by atoms with Gasteiger partial charge in [-0.1, -0.05) is 34.4 Å². The fourth-order valence-corrected chi connectivity index (χ4v) is 6.75. The number of carboxylic acid groups (broad SMARTS) is 1. The summed E-state index contributed by atoms with van der Waals surface area (Å²) in [5.41, 5.74) is 0.758. The number of hydrogen-bond donors (Lipinski definition) is 2. The molecule has 7 nitrogen and oxygen atoms in total. The van der Waals surface area contributed by atoms with Crippen LogP contribution in [0.25, 0.3) is 21.5 Å². The lowest BCUT2D eigenvalue weighted by atomic mass is 9.83. The predicted octanol–water partition coefficient (Wildman–Crippen LogP) is 7.32. The molecule has 0 unspecified atom stereocenters. The lowest BCUT2D eigenvalue weighted by molar-refractivity contribution is -0.0641. The molecule has 4 aromatic rings. The van der Waals surface area contributed by atoms with E-state index in [1.807, 2.05) is 0 Å². The number of hydrogen-bond acceptors (Lipinski definition) is 7. The van der Waals surface area contributed by atoms with Crippen LogP contribution in [0.15, 0.2) is 34.9 Å². The second kappa shape index (κ2) is 9.88. The van der Waals surface area contributed by atoms with Crippen molar-refractivity contribution in [1.29, 1.82) is 0 Å². The first-order chi connectivity index (χ1) is 18.2. The maximum atomic E-state index is 14.5. The number of thiazole rings is 1. The van der Waals surface area contributed by atoms with Gasteiger partial charge < -0.3 is 19.5 Å². The highest BCUT2D eigenvalue weighted by atomic mass is 35.5. The molecule has 2 aromatic carbocycles. The molecule has 0 radical (unpaired) electrons. The molecule has 2 aromatic heterocycles. The second-order valence-electron chi connectivity index (χ2n) is 9.92. The zero-order valence-corrected chi connectivity index (χ0v) is 22.4. The summed E-state index contributed by atoms with van der Waals surface area (Å²) in [6.07, 6.45) is 3.86. The minimum atomic E-state index is -1.23. The molecular formula is C27H23Cl2FN2O5S. The first-order valence-electron chi connectivity index (χ1n) is 12.3. The van der Waals surface area contributed by atoms with Crippen LogP contribution in [0.3, 0.4) is 0 Å². The number of ether oxygens (including phenoxy) is 1.